The van der Waals surface area contributed by atoms with E-state index in [1.807, 2.05) is 57.2 Å². The van der Waals surface area contributed by atoms with Gasteiger partial charge in [0, 0.05) is 0 Å². The van der Waals surface area contributed by atoms with Gasteiger partial charge in [-0.05, 0) is 57.2 Å². The first-order valence-electron chi connectivity index (χ1n) is 8.31. The topological polar surface area (TPSA) is 44.8 Å². The summed E-state index contributed by atoms with van der Waals surface area (Å²) in [7, 11) is -3.93. The number of phosphoric acid groups is 1. The fourth-order valence-corrected chi connectivity index (χ4v) is 3.49. The molecular weight excluding hydrogens is 418 g/mol. The molecule has 0 saturated heterocycles. The van der Waals surface area contributed by atoms with E-state index in [2.05, 4.69) is 0 Å². The van der Waals surface area contributed by atoms with Crippen molar-refractivity contribution in [3.8, 4) is 17.2 Å². The van der Waals surface area contributed by atoms with Gasteiger partial charge in [-0.25, -0.2) is 0 Å². The van der Waals surface area contributed by atoms with Gasteiger partial charge < -0.3 is 16.4 Å². The molecular formula is C21H26CaO4P2. The Balaban J connectivity index is 0. The number of hydrogen-bond donors (Lipinski definition) is 0. The Kier molecular flexibility index (Phi) is 10.0. The van der Waals surface area contributed by atoms with E-state index in [1.165, 1.54) is 0 Å². The smallest absolute Gasteiger partial charge is 1.00 e. The predicted octanol–water partition coefficient (Wildman–Crippen LogP) is 6.16. The third-order valence-corrected chi connectivity index (χ3v) is 5.02. The van der Waals surface area contributed by atoms with Crippen molar-refractivity contribution in [3.63, 3.8) is 0 Å². The molecule has 3 aromatic rings. The predicted molar refractivity (Wildman–Crippen MR) is 122 cm³/mol. The summed E-state index contributed by atoms with van der Waals surface area (Å²) < 4.78 is 30.2. The fraction of sp³-hybridized carbons (Fsp3) is 0.143. The van der Waals surface area contributed by atoms with Crippen LogP contribution in [0.15, 0.2) is 72.8 Å². The van der Waals surface area contributed by atoms with Gasteiger partial charge in [0.25, 0.3) is 0 Å². The largest absolute Gasteiger partial charge is 2.00 e. The summed E-state index contributed by atoms with van der Waals surface area (Å²) in [5.41, 5.74) is 3.23. The Bertz CT molecular complexity index is 799. The van der Waals surface area contributed by atoms with Crippen molar-refractivity contribution in [2.45, 2.75) is 20.8 Å². The second kappa shape index (κ2) is 11.2. The number of rotatable bonds is 6. The second-order valence-electron chi connectivity index (χ2n) is 6.16. The third kappa shape index (κ3) is 7.43. The zero-order valence-electron chi connectivity index (χ0n) is 18.4. The normalized spacial score (nSPS) is 10.2. The summed E-state index contributed by atoms with van der Waals surface area (Å²) in [6.45, 7) is 5.90. The molecule has 0 saturated carbocycles. The van der Waals surface area contributed by atoms with Crippen LogP contribution in [0.1, 0.15) is 19.5 Å². The van der Waals surface area contributed by atoms with Crippen molar-refractivity contribution in [2.75, 3.05) is 0 Å². The van der Waals surface area contributed by atoms with Crippen molar-refractivity contribution in [1.82, 2.24) is 0 Å². The Morgan fingerprint density at radius 3 is 1.00 bits per heavy atom. The summed E-state index contributed by atoms with van der Waals surface area (Å²) >= 11 is 0. The van der Waals surface area contributed by atoms with Crippen molar-refractivity contribution < 1.29 is 21.0 Å². The van der Waals surface area contributed by atoms with Gasteiger partial charge in [-0.2, -0.15) is 14.5 Å². The van der Waals surface area contributed by atoms with Crippen LogP contribution >= 0.6 is 17.7 Å². The molecule has 7 heteroatoms. The van der Waals surface area contributed by atoms with Crippen molar-refractivity contribution >= 4 is 55.5 Å². The minimum atomic E-state index is -3.93. The van der Waals surface area contributed by atoms with Gasteiger partial charge in [-0.3, -0.25) is 0 Å². The molecule has 1 atom stereocenters. The Hall–Kier alpha value is -1.02. The maximum absolute atomic E-state index is 13.3. The molecule has 0 aromatic heterocycles. The van der Waals surface area contributed by atoms with Crippen LogP contribution in [-0.2, 0) is 4.57 Å². The summed E-state index contributed by atoms with van der Waals surface area (Å²) in [4.78, 5) is 0. The molecule has 0 bridgehead atoms. The molecule has 1 unspecified atom stereocenters. The number of aryl methyl sites for hydroxylation is 3. The van der Waals surface area contributed by atoms with Crippen LogP contribution in [0.5, 0.6) is 17.2 Å². The quantitative estimate of drug-likeness (QED) is 0.337. The Labute approximate surface area is 202 Å². The first kappa shape index (κ1) is 25.0. The molecule has 146 valence electrons. The number of benzene rings is 3. The Morgan fingerprint density at radius 1 is 0.571 bits per heavy atom. The molecule has 4 nitrogen and oxygen atoms in total. The molecule has 0 spiro atoms. The van der Waals surface area contributed by atoms with Crippen LogP contribution in [-0.4, -0.2) is 37.7 Å². The standard InChI is InChI=1S/C21H21O4P.Ca.H3P.2H/c1-16-4-10-19(11-5-16)23-26(22,24-20-12-6-17(2)7-13-20)25-21-14-8-18(3)9-15-21;;;;/h4-15H,1-3H3;;1H3;;/q;+2;;2*-1. The van der Waals surface area contributed by atoms with Gasteiger partial charge in [0.15, 0.2) is 0 Å². The van der Waals surface area contributed by atoms with E-state index in [9.17, 15) is 4.57 Å². The summed E-state index contributed by atoms with van der Waals surface area (Å²) in [5.74, 6) is 1.24. The number of phosphoric ester groups is 1. The second-order valence-corrected chi connectivity index (χ2v) is 7.60. The van der Waals surface area contributed by atoms with Crippen LogP contribution < -0.4 is 13.6 Å². The molecule has 3 aromatic carbocycles. The number of hydrogen-bond acceptors (Lipinski definition) is 4. The zero-order valence-corrected chi connectivity index (χ0v) is 20.9. The molecule has 0 aliphatic rings. The van der Waals surface area contributed by atoms with Crippen LogP contribution in [0.25, 0.3) is 0 Å². The fourth-order valence-electron chi connectivity index (χ4n) is 2.24. The van der Waals surface area contributed by atoms with Gasteiger partial charge in [0.05, 0.1) is 0 Å². The van der Waals surface area contributed by atoms with Gasteiger partial charge >= 0.3 is 45.6 Å². The molecule has 0 radical (unpaired) electrons. The van der Waals surface area contributed by atoms with Crippen LogP contribution in [0.2, 0.25) is 0 Å². The zero-order chi connectivity index (χ0) is 18.6. The molecule has 0 fully saturated rings. The van der Waals surface area contributed by atoms with Crippen molar-refractivity contribution in [1.29, 1.82) is 0 Å². The minimum Gasteiger partial charge on any atom is -1.00 e. The molecule has 0 heterocycles. The SMILES string of the molecule is Cc1ccc(OP(=O)(Oc2ccc(C)cc2)Oc2ccc(C)cc2)cc1.P.[Ca+2].[H-].[H-]. The molecule has 3 rings (SSSR count). The van der Waals surface area contributed by atoms with Crippen LogP contribution in [0, 0.1) is 20.8 Å². The van der Waals surface area contributed by atoms with E-state index >= 15 is 0 Å². The van der Waals surface area contributed by atoms with E-state index in [-0.39, 0.29) is 50.5 Å². The van der Waals surface area contributed by atoms with Gasteiger partial charge in [-0.15, -0.1) is 0 Å². The van der Waals surface area contributed by atoms with E-state index in [0.29, 0.717) is 17.2 Å². The third-order valence-electron chi connectivity index (χ3n) is 3.71. The van der Waals surface area contributed by atoms with E-state index in [1.54, 1.807) is 36.4 Å². The maximum Gasteiger partial charge on any atom is 2.00 e. The summed E-state index contributed by atoms with van der Waals surface area (Å²) in [5, 5.41) is 0. The van der Waals surface area contributed by atoms with Gasteiger partial charge in [0.1, 0.15) is 17.2 Å². The van der Waals surface area contributed by atoms with E-state index in [4.69, 9.17) is 13.6 Å². The minimum absolute atomic E-state index is 0. The first-order chi connectivity index (χ1) is 12.4. The Morgan fingerprint density at radius 2 is 0.786 bits per heavy atom. The maximum atomic E-state index is 13.3. The van der Waals surface area contributed by atoms with Crippen LogP contribution in [0.3, 0.4) is 0 Å². The molecule has 0 N–H and O–H groups in total. The first-order valence-corrected chi connectivity index (χ1v) is 9.77. The van der Waals surface area contributed by atoms with E-state index in [0.717, 1.165) is 16.7 Å². The molecule has 0 aliphatic carbocycles. The molecule has 0 amide bonds. The van der Waals surface area contributed by atoms with Crippen molar-refractivity contribution in [2.24, 2.45) is 0 Å². The van der Waals surface area contributed by atoms with E-state index < -0.39 is 7.82 Å². The average molecular weight is 444 g/mol. The van der Waals surface area contributed by atoms with Crippen LogP contribution in [0.4, 0.5) is 0 Å². The molecule has 28 heavy (non-hydrogen) atoms. The van der Waals surface area contributed by atoms with Gasteiger partial charge in [0.2, 0.25) is 0 Å². The molecule has 0 aliphatic heterocycles. The van der Waals surface area contributed by atoms with Gasteiger partial charge in [-0.1, -0.05) is 53.1 Å². The average Bonchev–Trinajstić information content (AvgIpc) is 2.61. The summed E-state index contributed by atoms with van der Waals surface area (Å²) in [6.07, 6.45) is 0. The monoisotopic (exact) mass is 444 g/mol. The van der Waals surface area contributed by atoms with Crippen molar-refractivity contribution in [3.05, 3.63) is 89.5 Å². The summed E-state index contributed by atoms with van der Waals surface area (Å²) in [6, 6.07) is 21.6.